The Morgan fingerprint density at radius 2 is 2.12 bits per heavy atom. The lowest BCUT2D eigenvalue weighted by atomic mass is 10.9. The van der Waals surface area contributed by atoms with Gasteiger partial charge in [-0.25, -0.2) is 0 Å². The molecule has 0 aromatic carbocycles. The Hall–Kier alpha value is 0.400. The van der Waals surface area contributed by atoms with E-state index in [0.29, 0.717) is 6.79 Å². The quantitative estimate of drug-likeness (QED) is 0.364. The molecule has 0 aromatic heterocycles. The normalized spacial score (nSPS) is 9.75. The summed E-state index contributed by atoms with van der Waals surface area (Å²) < 4.78 is 9.85. The summed E-state index contributed by atoms with van der Waals surface area (Å²) in [4.78, 5) is 0. The number of ether oxygens (including phenoxy) is 2. The first-order chi connectivity index (χ1) is 3.91. The van der Waals surface area contributed by atoms with Crippen LogP contribution in [-0.2, 0) is 9.47 Å². The standard InChI is InChI=1S/C5H11BrO2/c1-2-7-5-8-4-3-6/h2-5H2,1H3. The van der Waals surface area contributed by atoms with Gasteiger partial charge < -0.3 is 9.47 Å². The molecule has 0 bridgehead atoms. The molecule has 0 heterocycles. The minimum Gasteiger partial charge on any atom is -0.356 e. The van der Waals surface area contributed by atoms with E-state index in [2.05, 4.69) is 15.9 Å². The van der Waals surface area contributed by atoms with Gasteiger partial charge in [-0.05, 0) is 6.92 Å². The van der Waals surface area contributed by atoms with Gasteiger partial charge >= 0.3 is 0 Å². The lowest BCUT2D eigenvalue weighted by Gasteiger charge is -1.99. The van der Waals surface area contributed by atoms with E-state index >= 15 is 0 Å². The second-order valence-corrected chi connectivity index (χ2v) is 2.00. The summed E-state index contributed by atoms with van der Waals surface area (Å²) in [5.74, 6) is 0. The van der Waals surface area contributed by atoms with E-state index in [0.717, 1.165) is 18.5 Å². The van der Waals surface area contributed by atoms with Gasteiger partial charge in [-0.1, -0.05) is 15.9 Å². The highest BCUT2D eigenvalue weighted by atomic mass is 79.9. The molecule has 0 N–H and O–H groups in total. The smallest absolute Gasteiger partial charge is 0.146 e. The van der Waals surface area contributed by atoms with Gasteiger partial charge in [0.2, 0.25) is 0 Å². The molecule has 0 fully saturated rings. The van der Waals surface area contributed by atoms with Crippen molar-refractivity contribution in [2.24, 2.45) is 0 Å². The maximum Gasteiger partial charge on any atom is 0.146 e. The van der Waals surface area contributed by atoms with E-state index in [9.17, 15) is 0 Å². The summed E-state index contributed by atoms with van der Waals surface area (Å²) >= 11 is 3.22. The van der Waals surface area contributed by atoms with Gasteiger partial charge in [0, 0.05) is 11.9 Å². The number of alkyl halides is 1. The van der Waals surface area contributed by atoms with Crippen LogP contribution in [0.15, 0.2) is 0 Å². The van der Waals surface area contributed by atoms with Crippen LogP contribution in [0, 0.1) is 0 Å². The molecular formula is C5H11BrO2. The molecule has 8 heavy (non-hydrogen) atoms. The second-order valence-electron chi connectivity index (χ2n) is 1.21. The molecule has 0 aliphatic heterocycles. The van der Waals surface area contributed by atoms with E-state index < -0.39 is 0 Å². The van der Waals surface area contributed by atoms with Gasteiger partial charge in [-0.2, -0.15) is 0 Å². The van der Waals surface area contributed by atoms with Crippen molar-refractivity contribution in [1.82, 2.24) is 0 Å². The zero-order valence-electron chi connectivity index (χ0n) is 5.02. The average Bonchev–Trinajstić information content (AvgIpc) is 1.81. The molecule has 0 aliphatic rings. The molecule has 0 spiro atoms. The Kier molecular flexibility index (Phi) is 7.77. The fraction of sp³-hybridized carbons (Fsp3) is 1.00. The summed E-state index contributed by atoms with van der Waals surface area (Å²) in [6, 6.07) is 0. The summed E-state index contributed by atoms with van der Waals surface area (Å²) in [6.07, 6.45) is 0. The molecular weight excluding hydrogens is 172 g/mol. The summed E-state index contributed by atoms with van der Waals surface area (Å²) in [5, 5.41) is 0.875. The van der Waals surface area contributed by atoms with E-state index in [4.69, 9.17) is 9.47 Å². The van der Waals surface area contributed by atoms with Gasteiger partial charge in [-0.3, -0.25) is 0 Å². The molecule has 0 saturated heterocycles. The van der Waals surface area contributed by atoms with Crippen LogP contribution >= 0.6 is 15.9 Å². The molecule has 0 atom stereocenters. The van der Waals surface area contributed by atoms with Crippen LogP contribution in [0.1, 0.15) is 6.92 Å². The van der Waals surface area contributed by atoms with E-state index in [1.54, 1.807) is 0 Å². The molecule has 0 unspecified atom stereocenters. The third kappa shape index (κ3) is 6.40. The highest BCUT2D eigenvalue weighted by molar-refractivity contribution is 9.09. The van der Waals surface area contributed by atoms with Crippen LogP contribution in [0.4, 0.5) is 0 Å². The fourth-order valence-electron chi connectivity index (χ4n) is 0.256. The Balaban J connectivity index is 2.53. The zero-order valence-corrected chi connectivity index (χ0v) is 6.61. The van der Waals surface area contributed by atoms with Crippen molar-refractivity contribution in [1.29, 1.82) is 0 Å². The summed E-state index contributed by atoms with van der Waals surface area (Å²) in [5.41, 5.74) is 0. The predicted molar refractivity (Wildman–Crippen MR) is 36.2 cm³/mol. The number of hydrogen-bond acceptors (Lipinski definition) is 2. The lowest BCUT2D eigenvalue weighted by molar-refractivity contribution is -0.0433. The van der Waals surface area contributed by atoms with Gasteiger partial charge in [0.25, 0.3) is 0 Å². The number of halogens is 1. The topological polar surface area (TPSA) is 18.5 Å². The summed E-state index contributed by atoms with van der Waals surface area (Å²) in [6.45, 7) is 3.81. The Morgan fingerprint density at radius 3 is 2.62 bits per heavy atom. The van der Waals surface area contributed by atoms with Crippen molar-refractivity contribution in [2.75, 3.05) is 25.3 Å². The van der Waals surface area contributed by atoms with Crippen LogP contribution in [0.3, 0.4) is 0 Å². The SMILES string of the molecule is CCOCOCCBr. The molecule has 0 aromatic rings. The van der Waals surface area contributed by atoms with Crippen molar-refractivity contribution in [3.05, 3.63) is 0 Å². The molecule has 0 amide bonds. The third-order valence-electron chi connectivity index (χ3n) is 0.592. The second kappa shape index (κ2) is 7.40. The lowest BCUT2D eigenvalue weighted by Crippen LogP contribution is -2.01. The first-order valence-electron chi connectivity index (χ1n) is 2.63. The van der Waals surface area contributed by atoms with Crippen molar-refractivity contribution < 1.29 is 9.47 Å². The van der Waals surface area contributed by atoms with Gasteiger partial charge in [0.05, 0.1) is 6.61 Å². The average molecular weight is 183 g/mol. The van der Waals surface area contributed by atoms with Gasteiger partial charge in [0.1, 0.15) is 6.79 Å². The summed E-state index contributed by atoms with van der Waals surface area (Å²) in [7, 11) is 0. The van der Waals surface area contributed by atoms with Crippen LogP contribution in [0.2, 0.25) is 0 Å². The van der Waals surface area contributed by atoms with Crippen molar-refractivity contribution in [3.63, 3.8) is 0 Å². The van der Waals surface area contributed by atoms with Crippen LogP contribution in [0.25, 0.3) is 0 Å². The van der Waals surface area contributed by atoms with Crippen molar-refractivity contribution >= 4 is 15.9 Å². The highest BCUT2D eigenvalue weighted by Gasteiger charge is 1.81. The Bertz CT molecular complexity index is 35.4. The minimum absolute atomic E-state index is 0.419. The number of rotatable bonds is 5. The third-order valence-corrected chi connectivity index (χ3v) is 0.916. The minimum atomic E-state index is 0.419. The molecule has 0 radical (unpaired) electrons. The number of hydrogen-bond donors (Lipinski definition) is 0. The van der Waals surface area contributed by atoms with E-state index in [1.807, 2.05) is 6.92 Å². The largest absolute Gasteiger partial charge is 0.356 e. The predicted octanol–water partition coefficient (Wildman–Crippen LogP) is 1.39. The molecule has 0 rings (SSSR count). The maximum atomic E-state index is 4.95. The van der Waals surface area contributed by atoms with E-state index in [-0.39, 0.29) is 0 Å². The van der Waals surface area contributed by atoms with E-state index in [1.165, 1.54) is 0 Å². The van der Waals surface area contributed by atoms with Crippen molar-refractivity contribution in [3.8, 4) is 0 Å². The molecule has 2 nitrogen and oxygen atoms in total. The van der Waals surface area contributed by atoms with Gasteiger partial charge in [0.15, 0.2) is 0 Å². The zero-order chi connectivity index (χ0) is 6.24. The van der Waals surface area contributed by atoms with Crippen LogP contribution in [0.5, 0.6) is 0 Å². The monoisotopic (exact) mass is 182 g/mol. The van der Waals surface area contributed by atoms with Gasteiger partial charge in [-0.15, -0.1) is 0 Å². The first kappa shape index (κ1) is 8.40. The maximum absolute atomic E-state index is 4.95. The molecule has 3 heteroatoms. The Morgan fingerprint density at radius 1 is 1.38 bits per heavy atom. The van der Waals surface area contributed by atoms with Crippen molar-refractivity contribution in [2.45, 2.75) is 6.92 Å². The van der Waals surface area contributed by atoms with Crippen LogP contribution in [-0.4, -0.2) is 25.3 Å². The molecule has 0 saturated carbocycles. The Labute approximate surface area is 58.3 Å². The molecule has 0 aliphatic carbocycles. The molecule has 50 valence electrons. The first-order valence-corrected chi connectivity index (χ1v) is 3.75. The fourth-order valence-corrected chi connectivity index (χ4v) is 0.485. The highest BCUT2D eigenvalue weighted by Crippen LogP contribution is 1.81. The van der Waals surface area contributed by atoms with Crippen LogP contribution < -0.4 is 0 Å².